The minimum atomic E-state index is -0.194. The number of para-hydroxylation sites is 1. The second-order valence-electron chi connectivity index (χ2n) is 6.90. The zero-order valence-electron chi connectivity index (χ0n) is 15.1. The highest BCUT2D eigenvalue weighted by atomic mass is 16.1. The predicted molar refractivity (Wildman–Crippen MR) is 103 cm³/mol. The van der Waals surface area contributed by atoms with Crippen LogP contribution < -0.4 is 10.9 Å². The molecule has 0 radical (unpaired) electrons. The molecule has 5 heteroatoms. The molecule has 0 aliphatic heterocycles. The predicted octanol–water partition coefficient (Wildman–Crippen LogP) is 2.98. The lowest BCUT2D eigenvalue weighted by Crippen LogP contribution is -2.27. The topological polar surface area (TPSA) is 74.8 Å². The molecule has 1 amide bonds. The van der Waals surface area contributed by atoms with E-state index in [1.807, 2.05) is 18.2 Å². The summed E-state index contributed by atoms with van der Waals surface area (Å²) >= 11 is 0. The maximum absolute atomic E-state index is 12.2. The Morgan fingerprint density at radius 1 is 1.08 bits per heavy atom. The van der Waals surface area contributed by atoms with E-state index in [1.54, 1.807) is 18.2 Å². The number of hydrogen-bond donors (Lipinski definition) is 2. The van der Waals surface area contributed by atoms with Crippen molar-refractivity contribution in [3.8, 4) is 0 Å². The molecule has 0 unspecified atom stereocenters. The third-order valence-corrected chi connectivity index (χ3v) is 4.15. The van der Waals surface area contributed by atoms with Crippen LogP contribution in [-0.2, 0) is 24.2 Å². The molecular weight excluding hydrogens is 326 g/mol. The normalized spacial score (nSPS) is 11.0. The minimum Gasteiger partial charge on any atom is -0.349 e. The average Bonchev–Trinajstić information content (AvgIpc) is 2.61. The van der Waals surface area contributed by atoms with E-state index < -0.39 is 0 Å². The number of hydrogen-bond acceptors (Lipinski definition) is 3. The van der Waals surface area contributed by atoms with Gasteiger partial charge < -0.3 is 10.3 Å². The fourth-order valence-electron chi connectivity index (χ4n) is 2.91. The van der Waals surface area contributed by atoms with Gasteiger partial charge in [0.15, 0.2) is 0 Å². The summed E-state index contributed by atoms with van der Waals surface area (Å²) in [5, 5.41) is 3.36. The van der Waals surface area contributed by atoms with Crippen LogP contribution >= 0.6 is 0 Å². The average molecular weight is 349 g/mol. The van der Waals surface area contributed by atoms with Gasteiger partial charge in [-0.1, -0.05) is 50.2 Å². The number of fused-ring (bicyclic) bond motifs is 1. The molecule has 0 atom stereocenters. The second-order valence-corrected chi connectivity index (χ2v) is 6.90. The van der Waals surface area contributed by atoms with E-state index in [0.717, 1.165) is 12.0 Å². The first-order chi connectivity index (χ1) is 12.5. The second kappa shape index (κ2) is 7.95. The zero-order valence-corrected chi connectivity index (χ0v) is 15.1. The molecule has 0 aliphatic carbocycles. The molecular formula is C21H23N3O2. The molecule has 1 heterocycles. The van der Waals surface area contributed by atoms with Gasteiger partial charge in [0, 0.05) is 0 Å². The molecule has 0 fully saturated rings. The molecule has 134 valence electrons. The molecule has 0 saturated heterocycles. The van der Waals surface area contributed by atoms with Crippen molar-refractivity contribution in [1.29, 1.82) is 0 Å². The molecule has 1 aromatic heterocycles. The van der Waals surface area contributed by atoms with Crippen molar-refractivity contribution in [2.75, 3.05) is 0 Å². The van der Waals surface area contributed by atoms with Crippen molar-refractivity contribution in [1.82, 2.24) is 15.3 Å². The lowest BCUT2D eigenvalue weighted by Gasteiger charge is -2.08. The molecule has 0 aliphatic rings. The van der Waals surface area contributed by atoms with Crippen LogP contribution in [0, 0.1) is 5.92 Å². The van der Waals surface area contributed by atoms with Crippen LogP contribution in [0.5, 0.6) is 0 Å². The van der Waals surface area contributed by atoms with E-state index in [0.29, 0.717) is 29.1 Å². The van der Waals surface area contributed by atoms with Crippen LogP contribution in [-0.4, -0.2) is 15.9 Å². The SMILES string of the molecule is CC(C)Cc1ccc(CC(=O)NCc2nc3ccccc3c(=O)[nH]2)cc1. The van der Waals surface area contributed by atoms with Crippen molar-refractivity contribution in [2.24, 2.45) is 5.92 Å². The van der Waals surface area contributed by atoms with Gasteiger partial charge in [-0.3, -0.25) is 9.59 Å². The Bertz CT molecular complexity index is 959. The molecule has 3 aromatic rings. The van der Waals surface area contributed by atoms with E-state index in [9.17, 15) is 9.59 Å². The van der Waals surface area contributed by atoms with Gasteiger partial charge >= 0.3 is 0 Å². The first-order valence-corrected chi connectivity index (χ1v) is 8.83. The Hall–Kier alpha value is -2.95. The van der Waals surface area contributed by atoms with Gasteiger partial charge in [-0.2, -0.15) is 0 Å². The van der Waals surface area contributed by atoms with E-state index in [2.05, 4.69) is 41.3 Å². The summed E-state index contributed by atoms with van der Waals surface area (Å²) < 4.78 is 0. The number of carbonyl (C=O) groups excluding carboxylic acids is 1. The van der Waals surface area contributed by atoms with Crippen LogP contribution in [0.3, 0.4) is 0 Å². The minimum absolute atomic E-state index is 0.0996. The molecule has 26 heavy (non-hydrogen) atoms. The van der Waals surface area contributed by atoms with E-state index in [4.69, 9.17) is 0 Å². The summed E-state index contributed by atoms with van der Waals surface area (Å²) in [5.41, 5.74) is 2.68. The fraction of sp³-hybridized carbons (Fsp3) is 0.286. The van der Waals surface area contributed by atoms with E-state index in [-0.39, 0.29) is 18.0 Å². The Morgan fingerprint density at radius 3 is 2.50 bits per heavy atom. The highest BCUT2D eigenvalue weighted by molar-refractivity contribution is 5.79. The van der Waals surface area contributed by atoms with Gasteiger partial charge in [0.25, 0.3) is 5.56 Å². The number of aromatic nitrogens is 2. The quantitative estimate of drug-likeness (QED) is 0.718. The standard InChI is InChI=1S/C21H23N3O2/c1-14(2)11-15-7-9-16(10-8-15)12-20(25)22-13-19-23-18-6-4-3-5-17(18)21(26)24-19/h3-10,14H,11-13H2,1-2H3,(H,22,25)(H,23,24,26). The molecule has 2 aromatic carbocycles. The van der Waals surface area contributed by atoms with E-state index in [1.165, 1.54) is 5.56 Å². The molecule has 3 rings (SSSR count). The Labute approximate surface area is 152 Å². The number of aromatic amines is 1. The lowest BCUT2D eigenvalue weighted by atomic mass is 10.0. The summed E-state index contributed by atoms with van der Waals surface area (Å²) in [6, 6.07) is 15.3. The number of rotatable bonds is 6. The smallest absolute Gasteiger partial charge is 0.258 e. The van der Waals surface area contributed by atoms with Crippen LogP contribution in [0.4, 0.5) is 0 Å². The summed E-state index contributed by atoms with van der Waals surface area (Å²) in [7, 11) is 0. The van der Waals surface area contributed by atoms with Crippen molar-refractivity contribution in [2.45, 2.75) is 33.2 Å². The maximum Gasteiger partial charge on any atom is 0.258 e. The highest BCUT2D eigenvalue weighted by Gasteiger charge is 2.07. The van der Waals surface area contributed by atoms with Crippen LogP contribution in [0.25, 0.3) is 10.9 Å². The van der Waals surface area contributed by atoms with Crippen molar-refractivity contribution in [3.05, 3.63) is 75.8 Å². The maximum atomic E-state index is 12.2. The van der Waals surface area contributed by atoms with Gasteiger partial charge in [0.05, 0.1) is 23.9 Å². The first-order valence-electron chi connectivity index (χ1n) is 8.83. The number of nitrogens with one attached hydrogen (secondary N) is 2. The van der Waals surface area contributed by atoms with E-state index >= 15 is 0 Å². The Morgan fingerprint density at radius 2 is 1.77 bits per heavy atom. The van der Waals surface area contributed by atoms with Crippen LogP contribution in [0.1, 0.15) is 30.8 Å². The van der Waals surface area contributed by atoms with Gasteiger partial charge in [-0.25, -0.2) is 4.98 Å². The molecule has 0 saturated carbocycles. The Kier molecular flexibility index (Phi) is 5.46. The summed E-state index contributed by atoms with van der Waals surface area (Å²) in [6.07, 6.45) is 1.34. The monoisotopic (exact) mass is 349 g/mol. The van der Waals surface area contributed by atoms with Gasteiger partial charge in [-0.05, 0) is 35.6 Å². The Balaban J connectivity index is 1.59. The molecule has 0 bridgehead atoms. The fourth-order valence-corrected chi connectivity index (χ4v) is 2.91. The van der Waals surface area contributed by atoms with Crippen LogP contribution in [0.15, 0.2) is 53.3 Å². The lowest BCUT2D eigenvalue weighted by molar-refractivity contribution is -0.120. The van der Waals surface area contributed by atoms with Crippen LogP contribution in [0.2, 0.25) is 0 Å². The van der Waals surface area contributed by atoms with Crippen molar-refractivity contribution >= 4 is 16.8 Å². The summed E-state index contributed by atoms with van der Waals surface area (Å²) in [4.78, 5) is 31.3. The highest BCUT2D eigenvalue weighted by Crippen LogP contribution is 2.10. The largest absolute Gasteiger partial charge is 0.349 e. The number of amides is 1. The summed E-state index contributed by atoms with van der Waals surface area (Å²) in [5.74, 6) is 0.965. The zero-order chi connectivity index (χ0) is 18.5. The third-order valence-electron chi connectivity index (χ3n) is 4.15. The van der Waals surface area contributed by atoms with Crippen molar-refractivity contribution in [3.63, 3.8) is 0 Å². The molecule has 2 N–H and O–H groups in total. The molecule has 5 nitrogen and oxygen atoms in total. The number of carbonyl (C=O) groups is 1. The number of H-pyrrole nitrogens is 1. The number of nitrogens with zero attached hydrogens (tertiary/aromatic N) is 1. The van der Waals surface area contributed by atoms with Gasteiger partial charge in [-0.15, -0.1) is 0 Å². The van der Waals surface area contributed by atoms with Gasteiger partial charge in [0.1, 0.15) is 5.82 Å². The third kappa shape index (κ3) is 4.57. The molecule has 0 spiro atoms. The van der Waals surface area contributed by atoms with Gasteiger partial charge in [0.2, 0.25) is 5.91 Å². The number of benzene rings is 2. The van der Waals surface area contributed by atoms with Crippen molar-refractivity contribution < 1.29 is 4.79 Å². The summed E-state index contributed by atoms with van der Waals surface area (Å²) in [6.45, 7) is 4.57. The first kappa shape index (κ1) is 17.9.